The SMILES string of the molecule is COc1ccc2c(c1OCc1ccc(F)cc1)C[C@@H](C(=O)O)N(c1nc3ccc(F)cc3o1)C2. The van der Waals surface area contributed by atoms with Gasteiger partial charge in [0.05, 0.1) is 7.11 Å². The van der Waals surface area contributed by atoms with Crippen LogP contribution < -0.4 is 14.4 Å². The molecule has 0 saturated heterocycles. The molecule has 0 aliphatic carbocycles. The van der Waals surface area contributed by atoms with Crippen molar-refractivity contribution in [2.75, 3.05) is 12.0 Å². The maximum absolute atomic E-state index is 13.6. The number of hydrogen-bond acceptors (Lipinski definition) is 6. The van der Waals surface area contributed by atoms with E-state index in [-0.39, 0.29) is 37.0 Å². The van der Waals surface area contributed by atoms with Crippen molar-refractivity contribution < 1.29 is 32.6 Å². The zero-order valence-corrected chi connectivity index (χ0v) is 18.1. The van der Waals surface area contributed by atoms with E-state index in [9.17, 15) is 18.7 Å². The maximum atomic E-state index is 13.6. The molecule has 3 aromatic carbocycles. The van der Waals surface area contributed by atoms with Crippen molar-refractivity contribution in [3.05, 3.63) is 82.9 Å². The van der Waals surface area contributed by atoms with E-state index in [1.807, 2.05) is 6.07 Å². The van der Waals surface area contributed by atoms with Crippen LogP contribution in [0.15, 0.2) is 59.0 Å². The quantitative estimate of drug-likeness (QED) is 0.441. The zero-order valence-electron chi connectivity index (χ0n) is 18.1. The van der Waals surface area contributed by atoms with Crippen LogP contribution in [0.4, 0.5) is 14.8 Å². The van der Waals surface area contributed by atoms with Crippen LogP contribution in [0.25, 0.3) is 11.1 Å². The van der Waals surface area contributed by atoms with Crippen molar-refractivity contribution in [2.24, 2.45) is 0 Å². The molecule has 174 valence electrons. The third kappa shape index (κ3) is 4.00. The average molecular weight is 466 g/mol. The molecule has 0 unspecified atom stereocenters. The first-order valence-corrected chi connectivity index (χ1v) is 10.5. The summed E-state index contributed by atoms with van der Waals surface area (Å²) in [5, 5.41) is 9.99. The minimum atomic E-state index is -1.06. The van der Waals surface area contributed by atoms with Gasteiger partial charge in [0, 0.05) is 24.6 Å². The van der Waals surface area contributed by atoms with Gasteiger partial charge in [0.1, 0.15) is 29.8 Å². The standard InChI is InChI=1S/C25H20F2N2O5/c1-32-21-9-4-15-12-29(25-28-19-8-7-17(27)10-22(19)34-25)20(24(30)31)11-18(15)23(21)33-13-14-2-5-16(26)6-3-14/h2-10,20H,11-13H2,1H3,(H,30,31)/t20-/m0/s1. The summed E-state index contributed by atoms with van der Waals surface area (Å²) >= 11 is 0. The van der Waals surface area contributed by atoms with Crippen molar-refractivity contribution in [1.82, 2.24) is 4.98 Å². The number of fused-ring (bicyclic) bond motifs is 2. The van der Waals surface area contributed by atoms with Gasteiger partial charge in [-0.05, 0) is 41.5 Å². The number of aliphatic carboxylic acids is 1. The molecule has 2 heterocycles. The van der Waals surface area contributed by atoms with Crippen molar-refractivity contribution in [3.63, 3.8) is 0 Å². The molecule has 1 atom stereocenters. The summed E-state index contributed by atoms with van der Waals surface area (Å²) < 4.78 is 44.0. The number of oxazole rings is 1. The van der Waals surface area contributed by atoms with Crippen molar-refractivity contribution >= 4 is 23.1 Å². The van der Waals surface area contributed by atoms with Gasteiger partial charge >= 0.3 is 5.97 Å². The van der Waals surface area contributed by atoms with Crippen LogP contribution in [0.3, 0.4) is 0 Å². The average Bonchev–Trinajstić information content (AvgIpc) is 3.25. The largest absolute Gasteiger partial charge is 0.493 e. The Hall–Kier alpha value is -4.14. The van der Waals surface area contributed by atoms with E-state index in [4.69, 9.17) is 13.9 Å². The van der Waals surface area contributed by atoms with Gasteiger partial charge in [-0.2, -0.15) is 4.98 Å². The highest BCUT2D eigenvalue weighted by Gasteiger charge is 2.36. The second-order valence-electron chi connectivity index (χ2n) is 7.94. The number of hydrogen-bond donors (Lipinski definition) is 1. The van der Waals surface area contributed by atoms with Gasteiger partial charge < -0.3 is 23.9 Å². The second-order valence-corrected chi connectivity index (χ2v) is 7.94. The Morgan fingerprint density at radius 1 is 1.15 bits per heavy atom. The molecule has 0 bridgehead atoms. The fourth-order valence-electron chi connectivity index (χ4n) is 4.10. The van der Waals surface area contributed by atoms with E-state index < -0.39 is 17.8 Å². The minimum absolute atomic E-state index is 0.100. The molecule has 0 fully saturated rings. The number of anilines is 1. The Bertz CT molecular complexity index is 1370. The first-order chi connectivity index (χ1) is 16.4. The van der Waals surface area contributed by atoms with Crippen LogP contribution in [0.1, 0.15) is 16.7 Å². The first kappa shape index (κ1) is 21.7. The molecule has 4 aromatic rings. The molecule has 0 saturated carbocycles. The molecular formula is C25H20F2N2O5. The molecule has 1 aliphatic heterocycles. The highest BCUT2D eigenvalue weighted by Crippen LogP contribution is 2.40. The van der Waals surface area contributed by atoms with E-state index in [2.05, 4.69) is 4.98 Å². The number of carbonyl (C=O) groups is 1. The Balaban J connectivity index is 1.50. The van der Waals surface area contributed by atoms with Crippen molar-refractivity contribution in [3.8, 4) is 11.5 Å². The summed E-state index contributed by atoms with van der Waals surface area (Å²) in [6.07, 6.45) is 0.105. The van der Waals surface area contributed by atoms with Crippen molar-refractivity contribution in [2.45, 2.75) is 25.6 Å². The predicted octanol–water partition coefficient (Wildman–Crippen LogP) is 4.71. The highest BCUT2D eigenvalue weighted by atomic mass is 19.1. The minimum Gasteiger partial charge on any atom is -0.493 e. The third-order valence-electron chi connectivity index (χ3n) is 5.82. The van der Waals surface area contributed by atoms with Gasteiger partial charge in [0.2, 0.25) is 0 Å². The van der Waals surface area contributed by atoms with Crippen LogP contribution in [0.2, 0.25) is 0 Å². The molecule has 1 N–H and O–H groups in total. The van der Waals surface area contributed by atoms with Gasteiger partial charge in [-0.1, -0.05) is 18.2 Å². The third-order valence-corrected chi connectivity index (χ3v) is 5.82. The summed E-state index contributed by atoms with van der Waals surface area (Å²) in [5.41, 5.74) is 2.95. The smallest absolute Gasteiger partial charge is 0.326 e. The monoisotopic (exact) mass is 466 g/mol. The summed E-state index contributed by atoms with van der Waals surface area (Å²) in [4.78, 5) is 18.1. The number of methoxy groups -OCH3 is 1. The van der Waals surface area contributed by atoms with E-state index in [1.54, 1.807) is 23.1 Å². The van der Waals surface area contributed by atoms with Gasteiger partial charge in [-0.15, -0.1) is 0 Å². The van der Waals surface area contributed by atoms with E-state index in [0.717, 1.165) is 11.1 Å². The highest BCUT2D eigenvalue weighted by molar-refractivity contribution is 5.81. The van der Waals surface area contributed by atoms with Gasteiger partial charge in [0.25, 0.3) is 6.01 Å². The molecule has 5 rings (SSSR count). The zero-order chi connectivity index (χ0) is 23.8. The van der Waals surface area contributed by atoms with Gasteiger partial charge in [-0.3, -0.25) is 0 Å². The molecule has 34 heavy (non-hydrogen) atoms. The lowest BCUT2D eigenvalue weighted by atomic mass is 9.93. The molecule has 0 spiro atoms. The van der Waals surface area contributed by atoms with Gasteiger partial charge in [0.15, 0.2) is 17.1 Å². The summed E-state index contributed by atoms with van der Waals surface area (Å²) in [7, 11) is 1.51. The number of rotatable bonds is 6. The molecule has 1 aliphatic rings. The van der Waals surface area contributed by atoms with E-state index in [0.29, 0.717) is 22.6 Å². The molecule has 1 aromatic heterocycles. The predicted molar refractivity (Wildman–Crippen MR) is 119 cm³/mol. The Morgan fingerprint density at radius 2 is 1.91 bits per heavy atom. The maximum Gasteiger partial charge on any atom is 0.326 e. The number of halogens is 2. The lowest BCUT2D eigenvalue weighted by molar-refractivity contribution is -0.138. The molecule has 7 nitrogen and oxygen atoms in total. The van der Waals surface area contributed by atoms with E-state index >= 15 is 0 Å². The Kier molecular flexibility index (Phi) is 5.53. The number of benzene rings is 3. The van der Waals surface area contributed by atoms with Crippen LogP contribution >= 0.6 is 0 Å². The van der Waals surface area contributed by atoms with Crippen LogP contribution in [-0.2, 0) is 24.4 Å². The lowest BCUT2D eigenvalue weighted by Crippen LogP contribution is -2.46. The number of aromatic nitrogens is 1. The number of ether oxygens (including phenoxy) is 2. The van der Waals surface area contributed by atoms with Crippen LogP contribution in [0, 0.1) is 11.6 Å². The van der Waals surface area contributed by atoms with Gasteiger partial charge in [-0.25, -0.2) is 13.6 Å². The number of carboxylic acids is 1. The molecular weight excluding hydrogens is 446 g/mol. The fourth-order valence-corrected chi connectivity index (χ4v) is 4.10. The van der Waals surface area contributed by atoms with Crippen molar-refractivity contribution in [1.29, 1.82) is 0 Å². The van der Waals surface area contributed by atoms with Crippen LogP contribution in [0.5, 0.6) is 11.5 Å². The van der Waals surface area contributed by atoms with E-state index in [1.165, 1.54) is 37.4 Å². The Labute approximate surface area is 193 Å². The summed E-state index contributed by atoms with van der Waals surface area (Å²) in [5.74, 6) is -0.967. The lowest BCUT2D eigenvalue weighted by Gasteiger charge is -2.34. The molecule has 0 radical (unpaired) electrons. The Morgan fingerprint density at radius 3 is 2.65 bits per heavy atom. The molecule has 0 amide bonds. The molecule has 9 heteroatoms. The van der Waals surface area contributed by atoms with Crippen LogP contribution in [-0.4, -0.2) is 29.2 Å². The second kappa shape index (κ2) is 8.66. The summed E-state index contributed by atoms with van der Waals surface area (Å²) in [6.45, 7) is 0.351. The first-order valence-electron chi connectivity index (χ1n) is 10.5. The topological polar surface area (TPSA) is 85.0 Å². The summed E-state index contributed by atoms with van der Waals surface area (Å²) in [6, 6.07) is 12.6. The number of carboxylic acid groups (broad SMARTS) is 1. The normalized spacial score (nSPS) is 15.3. The number of nitrogens with zero attached hydrogens (tertiary/aromatic N) is 2. The fraction of sp³-hybridized carbons (Fsp3) is 0.200.